The summed E-state index contributed by atoms with van der Waals surface area (Å²) in [4.78, 5) is 11.1. The third-order valence-corrected chi connectivity index (χ3v) is 2.78. The number of aldehydes is 1. The van der Waals surface area contributed by atoms with E-state index in [4.69, 9.17) is 9.47 Å². The van der Waals surface area contributed by atoms with Crippen LogP contribution in [-0.4, -0.2) is 20.5 Å². The lowest BCUT2D eigenvalue weighted by Gasteiger charge is -2.14. The third kappa shape index (κ3) is 2.07. The van der Waals surface area contributed by atoms with Crippen LogP contribution in [-0.2, 0) is 0 Å². The van der Waals surface area contributed by atoms with Gasteiger partial charge in [-0.15, -0.1) is 0 Å². The number of methoxy groups -OCH3 is 2. The van der Waals surface area contributed by atoms with Gasteiger partial charge in [0.1, 0.15) is 11.5 Å². The van der Waals surface area contributed by atoms with E-state index < -0.39 is 0 Å². The van der Waals surface area contributed by atoms with Gasteiger partial charge in [-0.05, 0) is 17.7 Å². The smallest absolute Gasteiger partial charge is 0.150 e. The third-order valence-electron chi connectivity index (χ3n) is 2.78. The zero-order valence-corrected chi connectivity index (χ0v) is 10.3. The second-order valence-electron chi connectivity index (χ2n) is 3.74. The van der Waals surface area contributed by atoms with Crippen molar-refractivity contribution in [3.63, 3.8) is 0 Å². The fourth-order valence-corrected chi connectivity index (χ4v) is 1.94. The molecule has 18 heavy (non-hydrogen) atoms. The van der Waals surface area contributed by atoms with E-state index in [1.807, 2.05) is 36.4 Å². The Kier molecular flexibility index (Phi) is 3.63. The number of rotatable bonds is 4. The summed E-state index contributed by atoms with van der Waals surface area (Å²) in [5.74, 6) is 1.37. The van der Waals surface area contributed by atoms with Crippen LogP contribution in [0.2, 0.25) is 0 Å². The van der Waals surface area contributed by atoms with Crippen molar-refractivity contribution in [3.05, 3.63) is 48.0 Å². The molecule has 0 aliphatic rings. The van der Waals surface area contributed by atoms with Crippen LogP contribution in [0.1, 0.15) is 10.4 Å². The molecule has 0 aromatic heterocycles. The standard InChI is InChI=1S/C15H14O3/c1-17-13-8-5-9-14(18-2)15(13)12-7-4-3-6-11(12)10-16/h3-10H,1-2H3. The molecule has 0 amide bonds. The minimum atomic E-state index is 0.611. The molecular weight excluding hydrogens is 228 g/mol. The van der Waals surface area contributed by atoms with E-state index in [1.54, 1.807) is 20.3 Å². The molecule has 92 valence electrons. The first kappa shape index (κ1) is 12.2. The fraction of sp³-hybridized carbons (Fsp3) is 0.133. The van der Waals surface area contributed by atoms with Crippen molar-refractivity contribution in [1.82, 2.24) is 0 Å². The van der Waals surface area contributed by atoms with Gasteiger partial charge in [-0.3, -0.25) is 4.79 Å². The van der Waals surface area contributed by atoms with E-state index in [0.717, 1.165) is 17.4 Å². The summed E-state index contributed by atoms with van der Waals surface area (Å²) in [6.45, 7) is 0. The highest BCUT2D eigenvalue weighted by Crippen LogP contribution is 2.39. The molecule has 0 atom stereocenters. The molecule has 2 rings (SSSR count). The molecule has 2 aromatic carbocycles. The van der Waals surface area contributed by atoms with Gasteiger partial charge in [-0.25, -0.2) is 0 Å². The van der Waals surface area contributed by atoms with Gasteiger partial charge in [-0.1, -0.05) is 30.3 Å². The zero-order valence-electron chi connectivity index (χ0n) is 10.3. The van der Waals surface area contributed by atoms with Crippen LogP contribution in [0, 0.1) is 0 Å². The molecule has 3 nitrogen and oxygen atoms in total. The van der Waals surface area contributed by atoms with Gasteiger partial charge < -0.3 is 9.47 Å². The van der Waals surface area contributed by atoms with Gasteiger partial charge in [0.25, 0.3) is 0 Å². The predicted molar refractivity (Wildman–Crippen MR) is 70.4 cm³/mol. The van der Waals surface area contributed by atoms with Crippen LogP contribution in [0.25, 0.3) is 11.1 Å². The molecule has 0 aliphatic carbocycles. The normalized spacial score (nSPS) is 9.89. The lowest BCUT2D eigenvalue weighted by Crippen LogP contribution is -1.95. The van der Waals surface area contributed by atoms with E-state index in [2.05, 4.69) is 0 Å². The summed E-state index contributed by atoms with van der Waals surface area (Å²) in [6.07, 6.45) is 0.835. The van der Waals surface area contributed by atoms with Crippen molar-refractivity contribution in [3.8, 4) is 22.6 Å². The van der Waals surface area contributed by atoms with Crippen LogP contribution in [0.15, 0.2) is 42.5 Å². The van der Waals surface area contributed by atoms with Gasteiger partial charge in [-0.2, -0.15) is 0 Å². The summed E-state index contributed by atoms with van der Waals surface area (Å²) in [5.41, 5.74) is 2.22. The van der Waals surface area contributed by atoms with Crippen molar-refractivity contribution in [2.45, 2.75) is 0 Å². The highest BCUT2D eigenvalue weighted by Gasteiger charge is 2.14. The van der Waals surface area contributed by atoms with E-state index in [-0.39, 0.29) is 0 Å². The van der Waals surface area contributed by atoms with E-state index in [9.17, 15) is 4.79 Å². The fourth-order valence-electron chi connectivity index (χ4n) is 1.94. The van der Waals surface area contributed by atoms with Crippen LogP contribution in [0.4, 0.5) is 0 Å². The first-order valence-electron chi connectivity index (χ1n) is 5.57. The van der Waals surface area contributed by atoms with Gasteiger partial charge in [0, 0.05) is 5.56 Å². The molecule has 3 heteroatoms. The molecular formula is C15H14O3. The summed E-state index contributed by atoms with van der Waals surface area (Å²) >= 11 is 0. The number of carbonyl (C=O) groups excluding carboxylic acids is 1. The van der Waals surface area contributed by atoms with Crippen molar-refractivity contribution >= 4 is 6.29 Å². The van der Waals surface area contributed by atoms with E-state index in [1.165, 1.54) is 0 Å². The predicted octanol–water partition coefficient (Wildman–Crippen LogP) is 3.18. The largest absolute Gasteiger partial charge is 0.496 e. The molecule has 0 N–H and O–H groups in total. The lowest BCUT2D eigenvalue weighted by atomic mass is 9.98. The highest BCUT2D eigenvalue weighted by molar-refractivity contribution is 5.91. The Labute approximate surface area is 106 Å². The molecule has 0 spiro atoms. The Bertz CT molecular complexity index is 539. The van der Waals surface area contributed by atoms with Gasteiger partial charge in [0.05, 0.1) is 19.8 Å². The Morgan fingerprint density at radius 2 is 1.50 bits per heavy atom. The van der Waals surface area contributed by atoms with Gasteiger partial charge >= 0.3 is 0 Å². The second kappa shape index (κ2) is 5.36. The second-order valence-corrected chi connectivity index (χ2v) is 3.74. The Morgan fingerprint density at radius 1 is 0.889 bits per heavy atom. The maximum Gasteiger partial charge on any atom is 0.150 e. The monoisotopic (exact) mass is 242 g/mol. The van der Waals surface area contributed by atoms with Gasteiger partial charge in [0.15, 0.2) is 6.29 Å². The Balaban J connectivity index is 2.72. The number of hydrogen-bond acceptors (Lipinski definition) is 3. The molecule has 0 heterocycles. The molecule has 0 radical (unpaired) electrons. The zero-order chi connectivity index (χ0) is 13.0. The topological polar surface area (TPSA) is 35.5 Å². The molecule has 0 fully saturated rings. The number of benzene rings is 2. The molecule has 0 aliphatic heterocycles. The van der Waals surface area contributed by atoms with Crippen LogP contribution in [0.3, 0.4) is 0 Å². The van der Waals surface area contributed by atoms with E-state index in [0.29, 0.717) is 17.1 Å². The molecule has 0 bridgehead atoms. The SMILES string of the molecule is COc1cccc(OC)c1-c1ccccc1C=O. The molecule has 0 saturated heterocycles. The molecule has 0 saturated carbocycles. The van der Waals surface area contributed by atoms with E-state index >= 15 is 0 Å². The Morgan fingerprint density at radius 3 is 2.06 bits per heavy atom. The molecule has 0 unspecified atom stereocenters. The Hall–Kier alpha value is -2.29. The first-order valence-corrected chi connectivity index (χ1v) is 5.57. The lowest BCUT2D eigenvalue weighted by molar-refractivity contribution is 0.112. The van der Waals surface area contributed by atoms with Crippen molar-refractivity contribution < 1.29 is 14.3 Å². The van der Waals surface area contributed by atoms with Crippen molar-refractivity contribution in [2.75, 3.05) is 14.2 Å². The summed E-state index contributed by atoms with van der Waals surface area (Å²) in [6, 6.07) is 12.9. The van der Waals surface area contributed by atoms with Crippen molar-refractivity contribution in [2.24, 2.45) is 0 Å². The van der Waals surface area contributed by atoms with Crippen LogP contribution in [0.5, 0.6) is 11.5 Å². The number of ether oxygens (including phenoxy) is 2. The maximum absolute atomic E-state index is 11.1. The minimum absolute atomic E-state index is 0.611. The number of carbonyl (C=O) groups is 1. The van der Waals surface area contributed by atoms with Crippen molar-refractivity contribution in [1.29, 1.82) is 0 Å². The van der Waals surface area contributed by atoms with Crippen LogP contribution >= 0.6 is 0 Å². The van der Waals surface area contributed by atoms with Gasteiger partial charge in [0.2, 0.25) is 0 Å². The quantitative estimate of drug-likeness (QED) is 0.772. The summed E-state index contributed by atoms with van der Waals surface area (Å²) < 4.78 is 10.7. The maximum atomic E-state index is 11.1. The first-order chi connectivity index (χ1) is 8.81. The molecule has 2 aromatic rings. The minimum Gasteiger partial charge on any atom is -0.496 e. The average Bonchev–Trinajstić information content (AvgIpc) is 2.46. The average molecular weight is 242 g/mol. The van der Waals surface area contributed by atoms with Crippen LogP contribution < -0.4 is 9.47 Å². The highest BCUT2D eigenvalue weighted by atomic mass is 16.5. The summed E-state index contributed by atoms with van der Waals surface area (Å²) in [7, 11) is 3.20. The summed E-state index contributed by atoms with van der Waals surface area (Å²) in [5, 5.41) is 0. The number of hydrogen-bond donors (Lipinski definition) is 0.